The van der Waals surface area contributed by atoms with E-state index in [2.05, 4.69) is 22.5 Å². The Hall–Kier alpha value is -0.530. The fourth-order valence-electron chi connectivity index (χ4n) is 0.877. The number of nitrogens with one attached hydrogen (secondary N) is 2. The van der Waals surface area contributed by atoms with Crippen molar-refractivity contribution in [2.45, 2.75) is 39.7 Å². The molecular weight excluding hydrogens is 319 g/mol. The Balaban J connectivity index is 0. The monoisotopic (exact) mass is 342 g/mol. The molecule has 0 heterocycles. The molecule has 1 unspecified atom stereocenters. The van der Waals surface area contributed by atoms with Gasteiger partial charge in [-0.05, 0) is 19.8 Å². The predicted molar refractivity (Wildman–Crippen MR) is 78.1 cm³/mol. The van der Waals surface area contributed by atoms with Crippen LogP contribution in [0.5, 0.6) is 0 Å². The molecule has 96 valence electrons. The van der Waals surface area contributed by atoms with Gasteiger partial charge in [0.25, 0.3) is 0 Å². The molecular formula is C10H23IN4O. The Morgan fingerprint density at radius 1 is 1.44 bits per heavy atom. The molecule has 0 aromatic heterocycles. The second-order valence-corrected chi connectivity index (χ2v) is 3.51. The summed E-state index contributed by atoms with van der Waals surface area (Å²) in [6, 6.07) is 0.285. The van der Waals surface area contributed by atoms with Crippen LogP contribution >= 0.6 is 24.0 Å². The van der Waals surface area contributed by atoms with Crippen molar-refractivity contribution < 1.29 is 4.79 Å². The number of guanidine groups is 1. The lowest BCUT2D eigenvalue weighted by atomic mass is 10.3. The number of nitrogens with two attached hydrogens (primary N) is 1. The van der Waals surface area contributed by atoms with Gasteiger partial charge < -0.3 is 16.4 Å². The van der Waals surface area contributed by atoms with Crippen LogP contribution in [0.15, 0.2) is 4.99 Å². The van der Waals surface area contributed by atoms with Crippen LogP contribution < -0.4 is 16.4 Å². The normalized spacial score (nSPS) is 12.6. The first kappa shape index (κ1) is 17.9. The molecule has 5 nitrogen and oxygen atoms in total. The van der Waals surface area contributed by atoms with E-state index in [0.717, 1.165) is 12.8 Å². The average molecular weight is 342 g/mol. The minimum absolute atomic E-state index is 0. The summed E-state index contributed by atoms with van der Waals surface area (Å²) in [5, 5.41) is 5.71. The zero-order chi connectivity index (χ0) is 11.7. The first-order valence-electron chi connectivity index (χ1n) is 5.43. The molecule has 0 aromatic rings. The third kappa shape index (κ3) is 10.0. The molecule has 0 bridgehead atoms. The van der Waals surface area contributed by atoms with E-state index in [9.17, 15) is 4.79 Å². The molecule has 4 N–H and O–H groups in total. The number of carbonyl (C=O) groups excluding carboxylic acids is 1. The highest BCUT2D eigenvalue weighted by Crippen LogP contribution is 1.86. The van der Waals surface area contributed by atoms with Crippen LogP contribution in [-0.4, -0.2) is 31.0 Å². The summed E-state index contributed by atoms with van der Waals surface area (Å²) < 4.78 is 0. The molecule has 1 atom stereocenters. The van der Waals surface area contributed by atoms with Crippen LogP contribution in [0.2, 0.25) is 0 Å². The Labute approximate surface area is 115 Å². The van der Waals surface area contributed by atoms with Crippen molar-refractivity contribution in [2.75, 3.05) is 13.1 Å². The predicted octanol–water partition coefficient (Wildman–Crippen LogP) is 0.833. The number of nitrogens with zero attached hydrogens (tertiary/aromatic N) is 1. The van der Waals surface area contributed by atoms with E-state index in [1.807, 2.05) is 13.8 Å². The Bertz CT molecular complexity index is 221. The summed E-state index contributed by atoms with van der Waals surface area (Å²) >= 11 is 0. The molecule has 0 rings (SSSR count). The van der Waals surface area contributed by atoms with Gasteiger partial charge in [-0.15, -0.1) is 24.0 Å². The molecule has 16 heavy (non-hydrogen) atoms. The highest BCUT2D eigenvalue weighted by molar-refractivity contribution is 14.0. The van der Waals surface area contributed by atoms with Crippen LogP contribution in [0.3, 0.4) is 0 Å². The van der Waals surface area contributed by atoms with Gasteiger partial charge >= 0.3 is 0 Å². The molecule has 0 aliphatic carbocycles. The maximum atomic E-state index is 11.2. The molecule has 0 radical (unpaired) electrons. The van der Waals surface area contributed by atoms with Gasteiger partial charge in [0.1, 0.15) is 6.54 Å². The van der Waals surface area contributed by atoms with Crippen molar-refractivity contribution >= 4 is 35.8 Å². The minimum Gasteiger partial charge on any atom is -0.370 e. The second kappa shape index (κ2) is 11.0. The quantitative estimate of drug-likeness (QED) is 0.380. The van der Waals surface area contributed by atoms with E-state index in [1.165, 1.54) is 0 Å². The summed E-state index contributed by atoms with van der Waals surface area (Å²) in [6.45, 7) is 6.85. The van der Waals surface area contributed by atoms with Gasteiger partial charge in [0, 0.05) is 12.6 Å². The Morgan fingerprint density at radius 2 is 2.06 bits per heavy atom. The van der Waals surface area contributed by atoms with Crippen molar-refractivity contribution in [3.8, 4) is 0 Å². The van der Waals surface area contributed by atoms with Gasteiger partial charge in [-0.1, -0.05) is 13.8 Å². The molecule has 1 amide bonds. The first-order valence-corrected chi connectivity index (χ1v) is 5.43. The molecule has 0 saturated carbocycles. The number of hydrogen-bond acceptors (Lipinski definition) is 2. The summed E-state index contributed by atoms with van der Waals surface area (Å²) in [4.78, 5) is 15.1. The smallest absolute Gasteiger partial charge is 0.241 e. The third-order valence-electron chi connectivity index (χ3n) is 1.97. The van der Waals surface area contributed by atoms with Crippen LogP contribution in [0.4, 0.5) is 0 Å². The van der Waals surface area contributed by atoms with Gasteiger partial charge in [0.2, 0.25) is 5.91 Å². The van der Waals surface area contributed by atoms with Gasteiger partial charge in [0.05, 0.1) is 0 Å². The highest BCUT2D eigenvalue weighted by Gasteiger charge is 2.01. The van der Waals surface area contributed by atoms with Gasteiger partial charge in [0.15, 0.2) is 5.96 Å². The molecule has 0 fully saturated rings. The molecule has 0 spiro atoms. The van der Waals surface area contributed by atoms with Crippen LogP contribution in [-0.2, 0) is 4.79 Å². The van der Waals surface area contributed by atoms with E-state index >= 15 is 0 Å². The van der Waals surface area contributed by atoms with Crippen molar-refractivity contribution in [2.24, 2.45) is 10.7 Å². The maximum Gasteiger partial charge on any atom is 0.241 e. The van der Waals surface area contributed by atoms with E-state index in [0.29, 0.717) is 12.5 Å². The summed E-state index contributed by atoms with van der Waals surface area (Å²) in [5.41, 5.74) is 5.59. The maximum absolute atomic E-state index is 11.2. The van der Waals surface area contributed by atoms with Gasteiger partial charge in [-0.25, -0.2) is 4.99 Å². The fourth-order valence-corrected chi connectivity index (χ4v) is 0.877. The summed E-state index contributed by atoms with van der Waals surface area (Å²) in [6.07, 6.45) is 1.90. The average Bonchev–Trinajstić information content (AvgIpc) is 2.23. The Morgan fingerprint density at radius 3 is 2.56 bits per heavy atom. The molecule has 0 aromatic carbocycles. The number of halogens is 1. The number of aliphatic imine (C=N–C) groups is 1. The molecule has 0 aliphatic rings. The molecule has 6 heteroatoms. The van der Waals surface area contributed by atoms with E-state index in [-0.39, 0.29) is 42.5 Å². The number of rotatable bonds is 6. The van der Waals surface area contributed by atoms with Gasteiger partial charge in [-0.2, -0.15) is 0 Å². The lowest BCUT2D eigenvalue weighted by Crippen LogP contribution is -2.39. The Kier molecular flexibility index (Phi) is 12.2. The number of amides is 1. The molecule has 0 saturated heterocycles. The van der Waals surface area contributed by atoms with Crippen LogP contribution in [0.25, 0.3) is 0 Å². The van der Waals surface area contributed by atoms with Crippen molar-refractivity contribution in [3.05, 3.63) is 0 Å². The van der Waals surface area contributed by atoms with E-state index < -0.39 is 0 Å². The van der Waals surface area contributed by atoms with Crippen LogP contribution in [0, 0.1) is 0 Å². The lowest BCUT2D eigenvalue weighted by molar-refractivity contribution is -0.119. The lowest BCUT2D eigenvalue weighted by Gasteiger charge is -2.11. The summed E-state index contributed by atoms with van der Waals surface area (Å²) in [5.74, 6) is 0.238. The van der Waals surface area contributed by atoms with E-state index in [4.69, 9.17) is 5.73 Å². The zero-order valence-corrected chi connectivity index (χ0v) is 12.6. The van der Waals surface area contributed by atoms with E-state index in [1.54, 1.807) is 0 Å². The van der Waals surface area contributed by atoms with Crippen molar-refractivity contribution in [1.29, 1.82) is 0 Å². The minimum atomic E-state index is -0.0919. The highest BCUT2D eigenvalue weighted by atomic mass is 127. The van der Waals surface area contributed by atoms with Crippen LogP contribution in [0.1, 0.15) is 33.6 Å². The van der Waals surface area contributed by atoms with Crippen molar-refractivity contribution in [3.63, 3.8) is 0 Å². The number of hydrogen-bond donors (Lipinski definition) is 3. The van der Waals surface area contributed by atoms with Crippen molar-refractivity contribution in [1.82, 2.24) is 10.6 Å². The zero-order valence-electron chi connectivity index (χ0n) is 10.2. The topological polar surface area (TPSA) is 79.5 Å². The second-order valence-electron chi connectivity index (χ2n) is 3.51. The molecule has 0 aliphatic heterocycles. The SMILES string of the molecule is CCCNC(=O)CN=C(N)NC(C)CC.I. The largest absolute Gasteiger partial charge is 0.370 e. The van der Waals surface area contributed by atoms with Gasteiger partial charge in [-0.3, -0.25) is 4.79 Å². The first-order chi connectivity index (χ1) is 7.10. The third-order valence-corrected chi connectivity index (χ3v) is 1.97. The fraction of sp³-hybridized carbons (Fsp3) is 0.800. The standard InChI is InChI=1S/C10H22N4O.HI/c1-4-6-12-9(15)7-13-10(11)14-8(3)5-2;/h8H,4-7H2,1-3H3,(H,12,15)(H3,11,13,14);1H. The summed E-state index contributed by atoms with van der Waals surface area (Å²) in [7, 11) is 0. The number of carbonyl (C=O) groups is 1.